The van der Waals surface area contributed by atoms with Crippen LogP contribution >= 0.6 is 0 Å². The molecule has 7 nitrogen and oxygen atoms in total. The van der Waals surface area contributed by atoms with Gasteiger partial charge in [-0.15, -0.1) is 0 Å². The van der Waals surface area contributed by atoms with Crippen LogP contribution in [0.3, 0.4) is 0 Å². The number of methoxy groups -OCH3 is 1. The van der Waals surface area contributed by atoms with Crippen LogP contribution in [0.4, 0.5) is 4.39 Å². The summed E-state index contributed by atoms with van der Waals surface area (Å²) in [6.45, 7) is 2.09. The monoisotopic (exact) mass is 380 g/mol. The molecule has 4 aromatic rings. The van der Waals surface area contributed by atoms with E-state index >= 15 is 0 Å². The lowest BCUT2D eigenvalue weighted by Gasteiger charge is -2.05. The number of aromatic nitrogens is 4. The van der Waals surface area contributed by atoms with Crippen molar-refractivity contribution in [1.82, 2.24) is 19.7 Å². The van der Waals surface area contributed by atoms with E-state index in [9.17, 15) is 9.18 Å². The van der Waals surface area contributed by atoms with Crippen molar-refractivity contribution in [2.75, 3.05) is 13.7 Å². The maximum atomic E-state index is 14.0. The third-order valence-electron chi connectivity index (χ3n) is 4.29. The van der Waals surface area contributed by atoms with Crippen molar-refractivity contribution in [1.29, 1.82) is 0 Å². The predicted molar refractivity (Wildman–Crippen MR) is 101 cm³/mol. The van der Waals surface area contributed by atoms with Gasteiger partial charge in [0.1, 0.15) is 6.61 Å². The molecule has 0 amide bonds. The Labute approximate surface area is 159 Å². The van der Waals surface area contributed by atoms with Crippen LogP contribution in [0.2, 0.25) is 0 Å². The molecule has 2 heterocycles. The molecular formula is C20H17FN4O3. The summed E-state index contributed by atoms with van der Waals surface area (Å²) in [7, 11) is 1.42. The largest absolute Gasteiger partial charge is 0.494 e. The Morgan fingerprint density at radius 1 is 1.18 bits per heavy atom. The molecular weight excluding hydrogens is 363 g/mol. The standard InChI is InChI=1S/C20H17FN4O3/c1-12(26)28-6-5-25-11-14-8-17-18(9-16(14)24-25)23-19(10-22-17)13-3-4-20(27-2)15(21)7-13/h3-4,7-11H,5-6H2,1-2H3. The molecule has 28 heavy (non-hydrogen) atoms. The van der Waals surface area contributed by atoms with E-state index in [-0.39, 0.29) is 18.3 Å². The number of hydrogen-bond donors (Lipinski definition) is 0. The Kier molecular flexibility index (Phi) is 4.60. The summed E-state index contributed by atoms with van der Waals surface area (Å²) in [5.41, 5.74) is 3.29. The minimum atomic E-state index is -0.455. The first-order chi connectivity index (χ1) is 13.5. The van der Waals surface area contributed by atoms with Gasteiger partial charge in [-0.05, 0) is 30.3 Å². The van der Waals surface area contributed by atoms with Crippen molar-refractivity contribution in [2.24, 2.45) is 0 Å². The van der Waals surface area contributed by atoms with Gasteiger partial charge in [-0.25, -0.2) is 9.37 Å². The molecule has 0 atom stereocenters. The zero-order valence-corrected chi connectivity index (χ0v) is 15.3. The lowest BCUT2D eigenvalue weighted by molar-refractivity contribution is -0.141. The van der Waals surface area contributed by atoms with Crippen molar-refractivity contribution in [2.45, 2.75) is 13.5 Å². The maximum absolute atomic E-state index is 14.0. The Morgan fingerprint density at radius 3 is 2.79 bits per heavy atom. The van der Waals surface area contributed by atoms with E-state index in [0.717, 1.165) is 10.9 Å². The molecule has 0 aliphatic heterocycles. The van der Waals surface area contributed by atoms with Crippen LogP contribution in [0.25, 0.3) is 33.2 Å². The van der Waals surface area contributed by atoms with Crippen molar-refractivity contribution < 1.29 is 18.7 Å². The van der Waals surface area contributed by atoms with E-state index in [1.54, 1.807) is 23.0 Å². The number of rotatable bonds is 5. The van der Waals surface area contributed by atoms with Crippen LogP contribution in [0.15, 0.2) is 42.7 Å². The quantitative estimate of drug-likeness (QED) is 0.494. The van der Waals surface area contributed by atoms with Gasteiger partial charge in [0.05, 0.1) is 42.1 Å². The van der Waals surface area contributed by atoms with Gasteiger partial charge in [0.2, 0.25) is 0 Å². The SMILES string of the molecule is COc1ccc(-c2cnc3cc4cn(CCOC(C)=O)nc4cc3n2)cc1F. The van der Waals surface area contributed by atoms with E-state index < -0.39 is 5.82 Å². The zero-order chi connectivity index (χ0) is 19.7. The summed E-state index contributed by atoms with van der Waals surface area (Å²) in [5, 5.41) is 5.39. The topological polar surface area (TPSA) is 79.1 Å². The van der Waals surface area contributed by atoms with E-state index in [1.165, 1.54) is 20.1 Å². The minimum Gasteiger partial charge on any atom is -0.494 e. The molecule has 0 fully saturated rings. The third-order valence-corrected chi connectivity index (χ3v) is 4.29. The Bertz CT molecular complexity index is 1190. The second kappa shape index (κ2) is 7.22. The number of carbonyl (C=O) groups is 1. The Balaban J connectivity index is 1.67. The second-order valence-corrected chi connectivity index (χ2v) is 6.24. The molecule has 0 saturated carbocycles. The van der Waals surface area contributed by atoms with E-state index in [2.05, 4.69) is 15.1 Å². The van der Waals surface area contributed by atoms with Gasteiger partial charge in [-0.2, -0.15) is 5.10 Å². The van der Waals surface area contributed by atoms with Crippen LogP contribution in [-0.2, 0) is 16.1 Å². The highest BCUT2D eigenvalue weighted by molar-refractivity contribution is 5.93. The fourth-order valence-corrected chi connectivity index (χ4v) is 2.94. The molecule has 0 spiro atoms. The first kappa shape index (κ1) is 17.8. The highest BCUT2D eigenvalue weighted by atomic mass is 19.1. The number of carbonyl (C=O) groups excluding carboxylic acids is 1. The van der Waals surface area contributed by atoms with Crippen LogP contribution in [0, 0.1) is 5.82 Å². The van der Waals surface area contributed by atoms with Crippen molar-refractivity contribution in [3.63, 3.8) is 0 Å². The molecule has 0 saturated heterocycles. The Hall–Kier alpha value is -3.55. The van der Waals surface area contributed by atoms with Gasteiger partial charge in [-0.1, -0.05) is 0 Å². The first-order valence-electron chi connectivity index (χ1n) is 8.65. The van der Waals surface area contributed by atoms with Gasteiger partial charge in [0.25, 0.3) is 0 Å². The maximum Gasteiger partial charge on any atom is 0.302 e. The summed E-state index contributed by atoms with van der Waals surface area (Å²) >= 11 is 0. The van der Waals surface area contributed by atoms with E-state index in [1.807, 2.05) is 18.3 Å². The molecule has 0 bridgehead atoms. The molecule has 4 rings (SSSR count). The normalized spacial score (nSPS) is 11.1. The van der Waals surface area contributed by atoms with Crippen molar-refractivity contribution >= 4 is 27.9 Å². The lowest BCUT2D eigenvalue weighted by Crippen LogP contribution is -2.08. The number of hydrogen-bond acceptors (Lipinski definition) is 6. The fourth-order valence-electron chi connectivity index (χ4n) is 2.94. The first-order valence-corrected chi connectivity index (χ1v) is 8.65. The Morgan fingerprint density at radius 2 is 2.04 bits per heavy atom. The summed E-state index contributed by atoms with van der Waals surface area (Å²) in [4.78, 5) is 19.9. The summed E-state index contributed by atoms with van der Waals surface area (Å²) in [5.74, 6) is -0.597. The van der Waals surface area contributed by atoms with Gasteiger partial charge in [0, 0.05) is 24.1 Å². The van der Waals surface area contributed by atoms with E-state index in [4.69, 9.17) is 9.47 Å². The molecule has 0 unspecified atom stereocenters. The summed E-state index contributed by atoms with van der Waals surface area (Å²) < 4.78 is 25.6. The van der Waals surface area contributed by atoms with Gasteiger partial charge >= 0.3 is 5.97 Å². The second-order valence-electron chi connectivity index (χ2n) is 6.24. The van der Waals surface area contributed by atoms with Crippen molar-refractivity contribution in [3.05, 3.63) is 48.5 Å². The number of fused-ring (bicyclic) bond motifs is 2. The summed E-state index contributed by atoms with van der Waals surface area (Å²) in [6.07, 6.45) is 3.48. The smallest absolute Gasteiger partial charge is 0.302 e. The zero-order valence-electron chi connectivity index (χ0n) is 15.3. The average molecular weight is 380 g/mol. The lowest BCUT2D eigenvalue weighted by atomic mass is 10.1. The van der Waals surface area contributed by atoms with Crippen molar-refractivity contribution in [3.8, 4) is 17.0 Å². The third kappa shape index (κ3) is 3.48. The molecule has 0 radical (unpaired) electrons. The molecule has 2 aromatic carbocycles. The molecule has 8 heteroatoms. The van der Waals surface area contributed by atoms with E-state index in [0.29, 0.717) is 28.8 Å². The molecule has 142 valence electrons. The predicted octanol–water partition coefficient (Wildman–Crippen LogP) is 3.36. The molecule has 0 N–H and O–H groups in total. The number of halogens is 1. The van der Waals surface area contributed by atoms with Gasteiger partial charge < -0.3 is 9.47 Å². The highest BCUT2D eigenvalue weighted by Crippen LogP contribution is 2.26. The average Bonchev–Trinajstić information content (AvgIpc) is 3.06. The summed E-state index contributed by atoms with van der Waals surface area (Å²) in [6, 6.07) is 8.40. The highest BCUT2D eigenvalue weighted by Gasteiger charge is 2.10. The van der Waals surface area contributed by atoms with Gasteiger partial charge in [-0.3, -0.25) is 14.5 Å². The molecule has 2 aromatic heterocycles. The number of benzene rings is 2. The van der Waals surface area contributed by atoms with Crippen LogP contribution in [0.5, 0.6) is 5.75 Å². The van der Waals surface area contributed by atoms with Crippen LogP contribution < -0.4 is 4.74 Å². The van der Waals surface area contributed by atoms with Gasteiger partial charge in [0.15, 0.2) is 11.6 Å². The number of ether oxygens (including phenoxy) is 2. The minimum absolute atomic E-state index is 0.179. The molecule has 0 aliphatic rings. The number of nitrogens with zero attached hydrogens (tertiary/aromatic N) is 4. The van der Waals surface area contributed by atoms with Crippen LogP contribution in [-0.4, -0.2) is 39.4 Å². The molecule has 0 aliphatic carbocycles. The van der Waals surface area contributed by atoms with Crippen LogP contribution in [0.1, 0.15) is 6.92 Å². The fraction of sp³-hybridized carbons (Fsp3) is 0.200. The number of esters is 1.